The van der Waals surface area contributed by atoms with Gasteiger partial charge in [-0.3, -0.25) is 9.69 Å². The van der Waals surface area contributed by atoms with Gasteiger partial charge in [-0.25, -0.2) is 0 Å². The Hall–Kier alpha value is -1.62. The quantitative estimate of drug-likeness (QED) is 0.338. The smallest absolute Gasteiger partial charge is 0.263 e. The summed E-state index contributed by atoms with van der Waals surface area (Å²) in [6, 6.07) is 1.89. The van der Waals surface area contributed by atoms with Crippen LogP contribution in [0, 0.1) is 11.3 Å². The predicted octanol–water partition coefficient (Wildman–Crippen LogP) is -0.532. The van der Waals surface area contributed by atoms with E-state index in [1.54, 1.807) is 7.11 Å². The normalized spacial score (nSPS) is 16.3. The van der Waals surface area contributed by atoms with Gasteiger partial charge in [0, 0.05) is 39.5 Å². The number of hydrogen-bond acceptors (Lipinski definition) is 6. The maximum Gasteiger partial charge on any atom is 0.263 e. The van der Waals surface area contributed by atoms with Crippen molar-refractivity contribution in [2.24, 2.45) is 0 Å². The van der Waals surface area contributed by atoms with Gasteiger partial charge in [0.05, 0.1) is 19.8 Å². The molecule has 1 aliphatic rings. The highest BCUT2D eigenvalue weighted by atomic mass is 16.5. The standard InChI is InChI=1S/C14H24N4O3/c1-20-8-4-17-14(19)13(11-15)12-16-3-2-5-18-6-9-21-10-7-18/h12,16H,2-10H2,1H3,(H,17,19)/b13-12-. The summed E-state index contributed by atoms with van der Waals surface area (Å²) in [6.07, 6.45) is 2.43. The summed E-state index contributed by atoms with van der Waals surface area (Å²) in [4.78, 5) is 14.0. The molecule has 0 aromatic heterocycles. The first-order valence-electron chi connectivity index (χ1n) is 7.19. The summed E-state index contributed by atoms with van der Waals surface area (Å²) < 4.78 is 10.1. The van der Waals surface area contributed by atoms with Gasteiger partial charge >= 0.3 is 0 Å². The fourth-order valence-electron chi connectivity index (χ4n) is 1.91. The van der Waals surface area contributed by atoms with Crippen LogP contribution in [-0.2, 0) is 14.3 Å². The van der Waals surface area contributed by atoms with Crippen LogP contribution < -0.4 is 10.6 Å². The fraction of sp³-hybridized carbons (Fsp3) is 0.714. The molecule has 1 fully saturated rings. The van der Waals surface area contributed by atoms with Crippen molar-refractivity contribution in [3.8, 4) is 6.07 Å². The third-order valence-electron chi connectivity index (χ3n) is 3.10. The van der Waals surface area contributed by atoms with Crippen molar-refractivity contribution in [1.82, 2.24) is 15.5 Å². The van der Waals surface area contributed by atoms with Gasteiger partial charge in [-0.1, -0.05) is 0 Å². The second-order valence-corrected chi connectivity index (χ2v) is 4.68. The number of amides is 1. The van der Waals surface area contributed by atoms with E-state index in [4.69, 9.17) is 14.7 Å². The zero-order chi connectivity index (χ0) is 15.3. The van der Waals surface area contributed by atoms with Gasteiger partial charge < -0.3 is 20.1 Å². The van der Waals surface area contributed by atoms with E-state index in [-0.39, 0.29) is 11.5 Å². The number of rotatable bonds is 9. The summed E-state index contributed by atoms with van der Waals surface area (Å²) in [6.45, 7) is 6.09. The Bertz CT molecular complexity index is 373. The SMILES string of the molecule is COCCNC(=O)/C(C#N)=C\NCCCN1CCOCC1. The largest absolute Gasteiger partial charge is 0.390 e. The third-order valence-corrected chi connectivity index (χ3v) is 3.10. The van der Waals surface area contributed by atoms with Crippen LogP contribution in [0.2, 0.25) is 0 Å². The Morgan fingerprint density at radius 1 is 1.43 bits per heavy atom. The summed E-state index contributed by atoms with van der Waals surface area (Å²) in [5, 5.41) is 14.6. The predicted molar refractivity (Wildman–Crippen MR) is 78.5 cm³/mol. The number of nitrogens with one attached hydrogen (secondary N) is 2. The summed E-state index contributed by atoms with van der Waals surface area (Å²) in [5.74, 6) is -0.379. The monoisotopic (exact) mass is 296 g/mol. The van der Waals surface area contributed by atoms with E-state index in [1.807, 2.05) is 6.07 Å². The molecular weight excluding hydrogens is 272 g/mol. The van der Waals surface area contributed by atoms with Crippen molar-refractivity contribution in [1.29, 1.82) is 5.26 Å². The number of ether oxygens (including phenoxy) is 2. The molecule has 0 aromatic rings. The molecule has 0 atom stereocenters. The molecule has 0 bridgehead atoms. The van der Waals surface area contributed by atoms with Crippen LogP contribution in [0.4, 0.5) is 0 Å². The Kier molecular flexibility index (Phi) is 9.20. The lowest BCUT2D eigenvalue weighted by Crippen LogP contribution is -2.37. The van der Waals surface area contributed by atoms with Crippen LogP contribution in [-0.4, -0.2) is 70.5 Å². The van der Waals surface area contributed by atoms with Gasteiger partial charge in [-0.2, -0.15) is 5.26 Å². The van der Waals surface area contributed by atoms with Crippen molar-refractivity contribution in [2.45, 2.75) is 6.42 Å². The average Bonchev–Trinajstić information content (AvgIpc) is 2.52. The number of hydrogen-bond donors (Lipinski definition) is 2. The van der Waals surface area contributed by atoms with Gasteiger partial charge in [0.15, 0.2) is 0 Å². The molecule has 1 heterocycles. The molecule has 118 valence electrons. The molecule has 1 saturated heterocycles. The molecule has 0 saturated carbocycles. The zero-order valence-corrected chi connectivity index (χ0v) is 12.6. The summed E-state index contributed by atoms with van der Waals surface area (Å²) in [5.41, 5.74) is 0.0810. The van der Waals surface area contributed by atoms with Gasteiger partial charge in [-0.15, -0.1) is 0 Å². The van der Waals surface area contributed by atoms with Gasteiger partial charge in [0.2, 0.25) is 0 Å². The molecule has 0 radical (unpaired) electrons. The van der Waals surface area contributed by atoms with Crippen molar-refractivity contribution >= 4 is 5.91 Å². The van der Waals surface area contributed by atoms with E-state index in [1.165, 1.54) is 6.20 Å². The minimum absolute atomic E-state index is 0.0810. The molecule has 0 aliphatic carbocycles. The van der Waals surface area contributed by atoms with E-state index in [9.17, 15) is 4.79 Å². The Labute approximate surface area is 125 Å². The number of morpholine rings is 1. The van der Waals surface area contributed by atoms with E-state index in [0.29, 0.717) is 13.2 Å². The molecule has 0 spiro atoms. The number of carbonyl (C=O) groups is 1. The number of nitrogens with zero attached hydrogens (tertiary/aromatic N) is 2. The Balaban J connectivity index is 2.16. The Morgan fingerprint density at radius 3 is 2.86 bits per heavy atom. The van der Waals surface area contributed by atoms with Crippen LogP contribution in [0.5, 0.6) is 0 Å². The van der Waals surface area contributed by atoms with Gasteiger partial charge in [0.1, 0.15) is 11.6 Å². The molecule has 7 heteroatoms. The molecule has 0 aromatic carbocycles. The highest BCUT2D eigenvalue weighted by molar-refractivity contribution is 5.97. The van der Waals surface area contributed by atoms with Crippen molar-refractivity contribution in [2.75, 3.05) is 59.7 Å². The van der Waals surface area contributed by atoms with Crippen molar-refractivity contribution in [3.05, 3.63) is 11.8 Å². The van der Waals surface area contributed by atoms with E-state index in [2.05, 4.69) is 15.5 Å². The highest BCUT2D eigenvalue weighted by Gasteiger charge is 2.09. The lowest BCUT2D eigenvalue weighted by Gasteiger charge is -2.26. The van der Waals surface area contributed by atoms with Crippen LogP contribution in [0.3, 0.4) is 0 Å². The number of nitriles is 1. The van der Waals surface area contributed by atoms with Crippen LogP contribution in [0.1, 0.15) is 6.42 Å². The van der Waals surface area contributed by atoms with E-state index in [0.717, 1.165) is 45.8 Å². The lowest BCUT2D eigenvalue weighted by molar-refractivity contribution is -0.117. The topological polar surface area (TPSA) is 86.6 Å². The number of methoxy groups -OCH3 is 1. The second-order valence-electron chi connectivity index (χ2n) is 4.68. The summed E-state index contributed by atoms with van der Waals surface area (Å²) in [7, 11) is 1.56. The molecule has 1 amide bonds. The lowest BCUT2D eigenvalue weighted by atomic mass is 10.3. The van der Waals surface area contributed by atoms with Crippen molar-refractivity contribution in [3.63, 3.8) is 0 Å². The van der Waals surface area contributed by atoms with Crippen LogP contribution >= 0.6 is 0 Å². The van der Waals surface area contributed by atoms with E-state index >= 15 is 0 Å². The minimum Gasteiger partial charge on any atom is -0.390 e. The minimum atomic E-state index is -0.379. The molecule has 21 heavy (non-hydrogen) atoms. The van der Waals surface area contributed by atoms with Crippen LogP contribution in [0.15, 0.2) is 11.8 Å². The fourth-order valence-corrected chi connectivity index (χ4v) is 1.91. The molecule has 7 nitrogen and oxygen atoms in total. The van der Waals surface area contributed by atoms with E-state index < -0.39 is 0 Å². The second kappa shape index (κ2) is 11.1. The van der Waals surface area contributed by atoms with Crippen molar-refractivity contribution < 1.29 is 14.3 Å². The number of carbonyl (C=O) groups excluding carboxylic acids is 1. The highest BCUT2D eigenvalue weighted by Crippen LogP contribution is 1.97. The maximum atomic E-state index is 11.6. The third kappa shape index (κ3) is 7.66. The van der Waals surface area contributed by atoms with Gasteiger partial charge in [0.25, 0.3) is 5.91 Å². The maximum absolute atomic E-state index is 11.6. The molecule has 1 aliphatic heterocycles. The van der Waals surface area contributed by atoms with Gasteiger partial charge in [-0.05, 0) is 13.0 Å². The Morgan fingerprint density at radius 2 is 2.19 bits per heavy atom. The molecule has 2 N–H and O–H groups in total. The first-order chi connectivity index (χ1) is 10.3. The van der Waals surface area contributed by atoms with Crippen LogP contribution in [0.25, 0.3) is 0 Å². The zero-order valence-electron chi connectivity index (χ0n) is 12.6. The first kappa shape index (κ1) is 17.4. The molecule has 1 rings (SSSR count). The summed E-state index contributed by atoms with van der Waals surface area (Å²) >= 11 is 0. The average molecular weight is 296 g/mol. The molecular formula is C14H24N4O3. The molecule has 0 unspecified atom stereocenters. The first-order valence-corrected chi connectivity index (χ1v) is 7.19.